The molecule has 4 heterocycles. The Morgan fingerprint density at radius 1 is 0.436 bits per heavy atom. The van der Waals surface area contributed by atoms with Crippen LogP contribution in [0.15, 0.2) is 198 Å². The third-order valence-corrected chi connectivity index (χ3v) is 13.0. The molecule has 1 atom stereocenters. The summed E-state index contributed by atoms with van der Waals surface area (Å²) in [4.78, 5) is 12.2. The standard InChI is InChI=1S/C51H31N3S/c1-2-13-35-32(12-1)23-26-44-49(35)55-47-20-8-7-19-43(47)51(44)42-18-6-5-16-38(42)36-14-3-4-15-37(36)39-25-22-34(31-45(39)51)33-24-27-46-41(30-33)40-17-11-29-53-50(40)54(46)48-21-9-10-28-52-48/h1-31H. The van der Waals surface area contributed by atoms with Crippen LogP contribution in [-0.2, 0) is 5.41 Å². The highest BCUT2D eigenvalue weighted by atomic mass is 32.2. The van der Waals surface area contributed by atoms with Crippen LogP contribution in [0.1, 0.15) is 22.3 Å². The van der Waals surface area contributed by atoms with Crippen molar-refractivity contribution in [3.63, 3.8) is 0 Å². The van der Waals surface area contributed by atoms with E-state index in [9.17, 15) is 0 Å². The maximum atomic E-state index is 4.85. The fraction of sp³-hybridized carbons (Fsp3) is 0.0196. The van der Waals surface area contributed by atoms with Gasteiger partial charge in [-0.2, -0.15) is 0 Å². The van der Waals surface area contributed by atoms with E-state index in [4.69, 9.17) is 9.97 Å². The van der Waals surface area contributed by atoms with Gasteiger partial charge in [-0.15, -0.1) is 0 Å². The molecule has 0 saturated carbocycles. The lowest BCUT2D eigenvalue weighted by atomic mass is 9.62. The van der Waals surface area contributed by atoms with Gasteiger partial charge in [0.15, 0.2) is 0 Å². The lowest BCUT2D eigenvalue weighted by Crippen LogP contribution is -2.34. The topological polar surface area (TPSA) is 30.7 Å². The summed E-state index contributed by atoms with van der Waals surface area (Å²) in [6.45, 7) is 0. The predicted molar refractivity (Wildman–Crippen MR) is 226 cm³/mol. The molecule has 55 heavy (non-hydrogen) atoms. The van der Waals surface area contributed by atoms with E-state index in [0.29, 0.717) is 0 Å². The van der Waals surface area contributed by atoms with Crippen LogP contribution in [-0.4, -0.2) is 14.5 Å². The van der Waals surface area contributed by atoms with Gasteiger partial charge in [-0.1, -0.05) is 139 Å². The average Bonchev–Trinajstić information content (AvgIpc) is 3.54. The summed E-state index contributed by atoms with van der Waals surface area (Å²) in [5, 5.41) is 4.82. The van der Waals surface area contributed by atoms with Crippen LogP contribution >= 0.6 is 11.8 Å². The minimum Gasteiger partial charge on any atom is -0.278 e. The largest absolute Gasteiger partial charge is 0.278 e. The number of rotatable bonds is 2. The van der Waals surface area contributed by atoms with Gasteiger partial charge in [0.2, 0.25) is 0 Å². The van der Waals surface area contributed by atoms with E-state index < -0.39 is 5.41 Å². The predicted octanol–water partition coefficient (Wildman–Crippen LogP) is 12.9. The highest BCUT2D eigenvalue weighted by Crippen LogP contribution is 2.62. The van der Waals surface area contributed by atoms with Gasteiger partial charge >= 0.3 is 0 Å². The van der Waals surface area contributed by atoms with Crippen molar-refractivity contribution in [1.29, 1.82) is 0 Å². The maximum absolute atomic E-state index is 4.85. The molecule has 0 radical (unpaired) electrons. The molecular formula is C51H31N3S. The molecule has 0 N–H and O–H groups in total. The number of aromatic nitrogens is 3. The molecule has 1 aliphatic carbocycles. The minimum atomic E-state index is -0.592. The van der Waals surface area contributed by atoms with Crippen molar-refractivity contribution in [2.24, 2.45) is 0 Å². The molecule has 12 rings (SSSR count). The third kappa shape index (κ3) is 4.23. The van der Waals surface area contributed by atoms with Crippen LogP contribution < -0.4 is 0 Å². The summed E-state index contributed by atoms with van der Waals surface area (Å²) >= 11 is 1.91. The first-order valence-corrected chi connectivity index (χ1v) is 19.5. The van der Waals surface area contributed by atoms with Gasteiger partial charge in [0.1, 0.15) is 11.5 Å². The Hall–Kier alpha value is -6.75. The van der Waals surface area contributed by atoms with E-state index in [2.05, 4.69) is 156 Å². The normalized spacial score (nSPS) is 15.3. The summed E-state index contributed by atoms with van der Waals surface area (Å²) < 4.78 is 2.17. The molecule has 256 valence electrons. The SMILES string of the molecule is c1ccc(-n2c3ccc(-c4ccc5c(c4)C4(c6ccccc6Sc6c4ccc4ccccc64)c4ccccc4-c4ccccc4-5)cc3c3cccnc32)nc1. The number of hydrogen-bond donors (Lipinski definition) is 0. The van der Waals surface area contributed by atoms with E-state index >= 15 is 0 Å². The lowest BCUT2D eigenvalue weighted by Gasteiger charge is -2.43. The smallest absolute Gasteiger partial charge is 0.146 e. The van der Waals surface area contributed by atoms with Crippen LogP contribution in [0.3, 0.4) is 0 Å². The first kappa shape index (κ1) is 30.7. The fourth-order valence-electron chi connectivity index (χ4n) is 9.50. The van der Waals surface area contributed by atoms with E-state index in [1.165, 1.54) is 70.6 Å². The lowest BCUT2D eigenvalue weighted by molar-refractivity contribution is 0.711. The number of pyridine rings is 2. The number of nitrogens with zero attached hydrogens (tertiary/aromatic N) is 3. The van der Waals surface area contributed by atoms with E-state index in [1.54, 1.807) is 0 Å². The van der Waals surface area contributed by atoms with Gasteiger partial charge in [-0.05, 0) is 115 Å². The number of hydrogen-bond acceptors (Lipinski definition) is 3. The zero-order valence-electron chi connectivity index (χ0n) is 29.6. The highest BCUT2D eigenvalue weighted by Gasteiger charge is 2.48. The van der Waals surface area contributed by atoms with Crippen LogP contribution in [0.4, 0.5) is 0 Å². The second-order valence-corrected chi connectivity index (χ2v) is 15.5. The monoisotopic (exact) mass is 717 g/mol. The van der Waals surface area contributed by atoms with E-state index in [0.717, 1.165) is 33.3 Å². The van der Waals surface area contributed by atoms with Gasteiger partial charge in [0.05, 0.1) is 10.9 Å². The van der Waals surface area contributed by atoms with Gasteiger partial charge in [-0.3, -0.25) is 4.57 Å². The zero-order valence-corrected chi connectivity index (χ0v) is 30.5. The van der Waals surface area contributed by atoms with Gasteiger partial charge < -0.3 is 0 Å². The Morgan fingerprint density at radius 3 is 2.00 bits per heavy atom. The first-order valence-electron chi connectivity index (χ1n) is 18.7. The molecule has 0 amide bonds. The molecule has 0 saturated heterocycles. The number of fused-ring (bicyclic) bond motifs is 16. The van der Waals surface area contributed by atoms with Crippen molar-refractivity contribution in [3.8, 4) is 39.2 Å². The summed E-state index contributed by atoms with van der Waals surface area (Å²) in [7, 11) is 0. The third-order valence-electron chi connectivity index (χ3n) is 11.8. The van der Waals surface area contributed by atoms with Crippen molar-refractivity contribution < 1.29 is 0 Å². The molecule has 2 aliphatic rings. The molecular weight excluding hydrogens is 687 g/mol. The van der Waals surface area contributed by atoms with E-state index in [1.807, 2.05) is 48.4 Å². The van der Waals surface area contributed by atoms with Crippen molar-refractivity contribution >= 4 is 44.5 Å². The average molecular weight is 718 g/mol. The Bertz CT molecular complexity index is 3200. The van der Waals surface area contributed by atoms with Crippen LogP contribution in [0.25, 0.3) is 71.9 Å². The second kappa shape index (κ2) is 11.6. The minimum absolute atomic E-state index is 0.592. The second-order valence-electron chi connectivity index (χ2n) is 14.5. The molecule has 4 heteroatoms. The quantitative estimate of drug-likeness (QED) is 0.178. The van der Waals surface area contributed by atoms with Crippen LogP contribution in [0, 0.1) is 0 Å². The summed E-state index contributed by atoms with van der Waals surface area (Å²) in [6, 6.07) is 65.1. The molecule has 3 aromatic heterocycles. The number of benzene rings is 7. The molecule has 1 spiro atoms. The Labute approximate surface area is 322 Å². The fourth-order valence-corrected chi connectivity index (χ4v) is 10.8. The molecule has 1 aliphatic heterocycles. The maximum Gasteiger partial charge on any atom is 0.146 e. The van der Waals surface area contributed by atoms with Crippen molar-refractivity contribution in [2.45, 2.75) is 15.2 Å². The highest BCUT2D eigenvalue weighted by molar-refractivity contribution is 7.99. The van der Waals surface area contributed by atoms with E-state index in [-0.39, 0.29) is 0 Å². The molecule has 7 aromatic carbocycles. The molecule has 0 fully saturated rings. The molecule has 0 bridgehead atoms. The van der Waals surface area contributed by atoms with Gasteiger partial charge in [0.25, 0.3) is 0 Å². The van der Waals surface area contributed by atoms with Crippen LogP contribution in [0.5, 0.6) is 0 Å². The Kier molecular flexibility index (Phi) is 6.48. The van der Waals surface area contributed by atoms with Crippen LogP contribution in [0.2, 0.25) is 0 Å². The molecule has 1 unspecified atom stereocenters. The molecule has 3 nitrogen and oxygen atoms in total. The first-order chi connectivity index (χ1) is 27.3. The molecule has 10 aromatic rings. The zero-order chi connectivity index (χ0) is 36.1. The van der Waals surface area contributed by atoms with Crippen molar-refractivity contribution in [2.75, 3.05) is 0 Å². The van der Waals surface area contributed by atoms with Crippen molar-refractivity contribution in [1.82, 2.24) is 14.5 Å². The summed E-state index contributed by atoms with van der Waals surface area (Å²) in [6.07, 6.45) is 3.71. The Balaban J connectivity index is 1.20. The Morgan fingerprint density at radius 2 is 1.13 bits per heavy atom. The van der Waals surface area contributed by atoms with Gasteiger partial charge in [0, 0.05) is 33.0 Å². The summed E-state index contributed by atoms with van der Waals surface area (Å²) in [5.74, 6) is 0.860. The summed E-state index contributed by atoms with van der Waals surface area (Å²) in [5.41, 5.74) is 14.0. The van der Waals surface area contributed by atoms with Crippen molar-refractivity contribution in [3.05, 3.63) is 211 Å². The van der Waals surface area contributed by atoms with Gasteiger partial charge in [-0.25, -0.2) is 9.97 Å².